The number of Topliss-reactive ketones (excluding diaryl/α,β-unsaturated/α-hetero) is 1. The first-order valence-electron chi connectivity index (χ1n) is 10.5. The van der Waals surface area contributed by atoms with Gasteiger partial charge in [-0.2, -0.15) is 0 Å². The van der Waals surface area contributed by atoms with Crippen molar-refractivity contribution in [1.82, 2.24) is 16.0 Å². The van der Waals surface area contributed by atoms with Gasteiger partial charge in [0.15, 0.2) is 0 Å². The maximum Gasteiger partial charge on any atom is 0.326 e. The molecule has 0 bridgehead atoms. The van der Waals surface area contributed by atoms with Crippen LogP contribution in [0.15, 0.2) is 0 Å². The first-order valence-corrected chi connectivity index (χ1v) is 10.5. The summed E-state index contributed by atoms with van der Waals surface area (Å²) in [5.74, 6) is -4.62. The average molecular weight is 491 g/mol. The Balaban J connectivity index is 4.18. The molecule has 0 aromatic heterocycles. The molecule has 0 aromatic rings. The summed E-state index contributed by atoms with van der Waals surface area (Å²) in [6, 6.07) is -2.65. The number of ketones is 1. The Hall–Kier alpha value is -3.10. The minimum Gasteiger partial charge on any atom is -0.480 e. The van der Waals surface area contributed by atoms with Crippen LogP contribution >= 0.6 is 0 Å². The monoisotopic (exact) mass is 491 g/mol. The number of aliphatic carboxylic acids is 2. The van der Waals surface area contributed by atoms with Crippen LogP contribution in [0.25, 0.3) is 0 Å². The summed E-state index contributed by atoms with van der Waals surface area (Å²) in [7, 11) is 1.40. The van der Waals surface area contributed by atoms with Crippen molar-refractivity contribution in [1.29, 1.82) is 0 Å². The molecule has 0 saturated carbocycles. The number of carboxylic acids is 2. The summed E-state index contributed by atoms with van der Waals surface area (Å²) in [6.45, 7) is 1.51. The first kappa shape index (κ1) is 30.9. The number of hydrogen-bond donors (Lipinski definition) is 5. The Labute approximate surface area is 196 Å². The van der Waals surface area contributed by atoms with Crippen LogP contribution in [0.3, 0.4) is 0 Å². The Morgan fingerprint density at radius 3 is 1.85 bits per heavy atom. The standard InChI is InChI=1S/C20H33N3O11/c1-13(24)3-4-14(19(28)29)22-16(25)6-5-15(20(30)31)23-18(27)12-34-10-9-33-8-7-21-17(26)11-32-2/h14-15H,3-12H2,1-2H3,(H,21,26)(H,22,25)(H,23,27)(H,28,29)(H,30,31)/t14-,15-/m0/s1. The van der Waals surface area contributed by atoms with Crippen molar-refractivity contribution >= 4 is 35.4 Å². The Bertz CT molecular complexity index is 699. The van der Waals surface area contributed by atoms with E-state index in [1.54, 1.807) is 0 Å². The normalized spacial score (nSPS) is 12.3. The lowest BCUT2D eigenvalue weighted by Gasteiger charge is -2.16. The van der Waals surface area contributed by atoms with E-state index in [9.17, 15) is 33.9 Å². The Kier molecular flexibility index (Phi) is 16.7. The van der Waals surface area contributed by atoms with Gasteiger partial charge in [-0.25, -0.2) is 9.59 Å². The lowest BCUT2D eigenvalue weighted by molar-refractivity contribution is -0.144. The van der Waals surface area contributed by atoms with Crippen molar-refractivity contribution in [3.8, 4) is 0 Å². The van der Waals surface area contributed by atoms with Crippen LogP contribution in [0.5, 0.6) is 0 Å². The highest BCUT2D eigenvalue weighted by Crippen LogP contribution is 2.03. The minimum atomic E-state index is -1.38. The zero-order valence-corrected chi connectivity index (χ0v) is 19.3. The summed E-state index contributed by atoms with van der Waals surface area (Å²) < 4.78 is 14.9. The molecule has 0 aliphatic heterocycles. The number of rotatable bonds is 20. The zero-order valence-electron chi connectivity index (χ0n) is 19.3. The van der Waals surface area contributed by atoms with E-state index in [1.807, 2.05) is 0 Å². The van der Waals surface area contributed by atoms with Crippen LogP contribution in [0.4, 0.5) is 0 Å². The highest BCUT2D eigenvalue weighted by Gasteiger charge is 2.24. The van der Waals surface area contributed by atoms with Crippen LogP contribution in [0.2, 0.25) is 0 Å². The molecule has 0 spiro atoms. The Morgan fingerprint density at radius 2 is 1.29 bits per heavy atom. The van der Waals surface area contributed by atoms with Gasteiger partial charge in [0.05, 0.1) is 19.8 Å². The quantitative estimate of drug-likeness (QED) is 0.118. The summed E-state index contributed by atoms with van der Waals surface area (Å²) in [4.78, 5) is 68.5. The van der Waals surface area contributed by atoms with E-state index in [-0.39, 0.29) is 70.3 Å². The topological polar surface area (TPSA) is 207 Å². The highest BCUT2D eigenvalue weighted by molar-refractivity contribution is 5.86. The van der Waals surface area contributed by atoms with E-state index in [1.165, 1.54) is 14.0 Å². The van der Waals surface area contributed by atoms with E-state index in [0.717, 1.165) is 0 Å². The lowest BCUT2D eigenvalue weighted by atomic mass is 10.1. The number of carbonyl (C=O) groups is 6. The summed E-state index contributed by atoms with van der Waals surface area (Å²) in [6.07, 6.45) is -0.735. The predicted octanol–water partition coefficient (Wildman–Crippen LogP) is -1.93. The second-order valence-electron chi connectivity index (χ2n) is 7.14. The molecule has 0 aromatic carbocycles. The van der Waals surface area contributed by atoms with Gasteiger partial charge >= 0.3 is 11.9 Å². The van der Waals surface area contributed by atoms with Gasteiger partial charge in [-0.15, -0.1) is 0 Å². The van der Waals surface area contributed by atoms with E-state index in [0.29, 0.717) is 0 Å². The Morgan fingerprint density at radius 1 is 0.735 bits per heavy atom. The van der Waals surface area contributed by atoms with Crippen LogP contribution < -0.4 is 16.0 Å². The third kappa shape index (κ3) is 16.5. The highest BCUT2D eigenvalue weighted by atomic mass is 16.5. The number of carbonyl (C=O) groups excluding carboxylic acids is 4. The number of amides is 3. The summed E-state index contributed by atoms with van der Waals surface area (Å²) in [5.41, 5.74) is 0. The minimum absolute atomic E-state index is 0.0267. The fourth-order valence-electron chi connectivity index (χ4n) is 2.47. The van der Waals surface area contributed by atoms with Crippen molar-refractivity contribution in [2.75, 3.05) is 46.7 Å². The van der Waals surface area contributed by atoms with Crippen molar-refractivity contribution in [2.45, 2.75) is 44.7 Å². The largest absolute Gasteiger partial charge is 0.480 e. The van der Waals surface area contributed by atoms with Gasteiger partial charge in [0, 0.05) is 26.5 Å². The molecule has 14 heteroatoms. The van der Waals surface area contributed by atoms with Crippen LogP contribution in [-0.4, -0.2) is 104 Å². The van der Waals surface area contributed by atoms with Crippen molar-refractivity contribution in [3.63, 3.8) is 0 Å². The molecule has 14 nitrogen and oxygen atoms in total. The molecule has 0 heterocycles. The van der Waals surface area contributed by atoms with E-state index in [4.69, 9.17) is 14.6 Å². The molecular weight excluding hydrogens is 458 g/mol. The van der Waals surface area contributed by atoms with Gasteiger partial charge in [-0.05, 0) is 19.8 Å². The fraction of sp³-hybridized carbons (Fsp3) is 0.700. The van der Waals surface area contributed by atoms with Gasteiger partial charge in [0.2, 0.25) is 17.7 Å². The van der Waals surface area contributed by atoms with Gasteiger partial charge in [0.1, 0.15) is 31.1 Å². The fourth-order valence-corrected chi connectivity index (χ4v) is 2.47. The van der Waals surface area contributed by atoms with Gasteiger partial charge in [-0.1, -0.05) is 0 Å². The van der Waals surface area contributed by atoms with Crippen molar-refractivity contribution < 1.29 is 53.2 Å². The average Bonchev–Trinajstić information content (AvgIpc) is 2.75. The SMILES string of the molecule is COCC(=O)NCCOCCOCC(=O)N[C@@H](CCC(=O)N[C@@H](CCC(C)=O)C(=O)O)C(=O)O. The third-order valence-electron chi connectivity index (χ3n) is 4.16. The van der Waals surface area contributed by atoms with Crippen molar-refractivity contribution in [2.24, 2.45) is 0 Å². The molecule has 0 saturated heterocycles. The predicted molar refractivity (Wildman–Crippen MR) is 115 cm³/mol. The molecule has 5 N–H and O–H groups in total. The summed E-state index contributed by atoms with van der Waals surface area (Å²) >= 11 is 0. The zero-order chi connectivity index (χ0) is 25.9. The second-order valence-corrected chi connectivity index (χ2v) is 7.14. The van der Waals surface area contributed by atoms with Gasteiger partial charge in [-0.3, -0.25) is 14.4 Å². The van der Waals surface area contributed by atoms with Crippen molar-refractivity contribution in [3.05, 3.63) is 0 Å². The maximum atomic E-state index is 12.0. The molecule has 0 radical (unpaired) electrons. The number of nitrogens with one attached hydrogen (secondary N) is 3. The van der Waals surface area contributed by atoms with Gasteiger partial charge in [0.25, 0.3) is 0 Å². The first-order chi connectivity index (χ1) is 16.1. The lowest BCUT2D eigenvalue weighted by Crippen LogP contribution is -2.45. The van der Waals surface area contributed by atoms with E-state index >= 15 is 0 Å². The molecule has 0 unspecified atom stereocenters. The van der Waals surface area contributed by atoms with E-state index < -0.39 is 42.4 Å². The molecule has 3 amide bonds. The molecule has 0 rings (SSSR count). The molecule has 0 fully saturated rings. The number of ether oxygens (including phenoxy) is 3. The summed E-state index contributed by atoms with van der Waals surface area (Å²) in [5, 5.41) is 25.3. The van der Waals surface area contributed by atoms with Crippen LogP contribution in [-0.2, 0) is 43.0 Å². The third-order valence-corrected chi connectivity index (χ3v) is 4.16. The molecule has 194 valence electrons. The van der Waals surface area contributed by atoms with E-state index in [2.05, 4.69) is 20.7 Å². The smallest absolute Gasteiger partial charge is 0.326 e. The van der Waals surface area contributed by atoms with Gasteiger partial charge < -0.3 is 45.2 Å². The molecule has 0 aliphatic rings. The molecule has 0 aliphatic carbocycles. The number of carboxylic acid groups (broad SMARTS) is 2. The number of methoxy groups -OCH3 is 1. The van der Waals surface area contributed by atoms with Crippen LogP contribution in [0.1, 0.15) is 32.6 Å². The molecule has 2 atom stereocenters. The second kappa shape index (κ2) is 18.3. The molecular formula is C20H33N3O11. The maximum absolute atomic E-state index is 12.0. The number of hydrogen-bond acceptors (Lipinski definition) is 9. The molecule has 34 heavy (non-hydrogen) atoms. The van der Waals surface area contributed by atoms with Crippen LogP contribution in [0, 0.1) is 0 Å².